The first-order valence-corrected chi connectivity index (χ1v) is 7.43. The number of ether oxygens (including phenoxy) is 1. The first-order valence-electron chi connectivity index (χ1n) is 7.43. The zero-order valence-electron chi connectivity index (χ0n) is 13.0. The minimum atomic E-state index is -1.16. The van der Waals surface area contributed by atoms with E-state index in [1.165, 1.54) is 0 Å². The number of hydrogen-bond acceptors (Lipinski definition) is 3. The molecule has 0 aromatic heterocycles. The lowest BCUT2D eigenvalue weighted by atomic mass is 9.75. The molecule has 0 aromatic carbocycles. The minimum Gasteiger partial charge on any atom is -0.480 e. The summed E-state index contributed by atoms with van der Waals surface area (Å²) in [4.78, 5) is 23.4. The monoisotopic (exact) mass is 285 g/mol. The quantitative estimate of drug-likeness (QED) is 0.830. The van der Waals surface area contributed by atoms with Crippen LogP contribution in [0.1, 0.15) is 66.2 Å². The molecule has 0 atom stereocenters. The first-order chi connectivity index (χ1) is 9.18. The maximum Gasteiger partial charge on any atom is 0.408 e. The summed E-state index contributed by atoms with van der Waals surface area (Å²) in [5.41, 5.74) is -1.78. The number of carbonyl (C=O) groups excluding carboxylic acids is 1. The number of rotatable bonds is 4. The van der Waals surface area contributed by atoms with Gasteiger partial charge in [-0.05, 0) is 52.4 Å². The molecule has 5 nitrogen and oxygen atoms in total. The Kier molecular flexibility index (Phi) is 5.42. The van der Waals surface area contributed by atoms with Crippen molar-refractivity contribution < 1.29 is 19.4 Å². The number of aliphatic carboxylic acids is 1. The number of carboxylic acid groups (broad SMARTS) is 1. The molecule has 5 heteroatoms. The van der Waals surface area contributed by atoms with Crippen LogP contribution >= 0.6 is 0 Å². The number of hydrogen-bond donors (Lipinski definition) is 2. The van der Waals surface area contributed by atoms with E-state index in [2.05, 4.69) is 12.2 Å². The van der Waals surface area contributed by atoms with Gasteiger partial charge >= 0.3 is 12.1 Å². The van der Waals surface area contributed by atoms with Gasteiger partial charge in [-0.1, -0.05) is 19.8 Å². The van der Waals surface area contributed by atoms with E-state index in [9.17, 15) is 14.7 Å². The lowest BCUT2D eigenvalue weighted by Gasteiger charge is -2.37. The molecule has 1 amide bonds. The fourth-order valence-electron chi connectivity index (χ4n) is 2.76. The summed E-state index contributed by atoms with van der Waals surface area (Å²) in [6, 6.07) is 0. The van der Waals surface area contributed by atoms with E-state index in [-0.39, 0.29) is 0 Å². The first kappa shape index (κ1) is 16.8. The highest BCUT2D eigenvalue weighted by atomic mass is 16.6. The summed E-state index contributed by atoms with van der Waals surface area (Å²) in [5, 5.41) is 12.1. The van der Waals surface area contributed by atoms with Crippen molar-refractivity contribution >= 4 is 12.1 Å². The van der Waals surface area contributed by atoms with Gasteiger partial charge in [-0.2, -0.15) is 0 Å². The van der Waals surface area contributed by atoms with E-state index in [4.69, 9.17) is 4.74 Å². The van der Waals surface area contributed by atoms with Gasteiger partial charge in [-0.3, -0.25) is 0 Å². The fourth-order valence-corrected chi connectivity index (χ4v) is 2.76. The van der Waals surface area contributed by atoms with Crippen molar-refractivity contribution in [2.75, 3.05) is 0 Å². The van der Waals surface area contributed by atoms with Crippen molar-refractivity contribution in [2.45, 2.75) is 77.4 Å². The highest BCUT2D eigenvalue weighted by molar-refractivity contribution is 5.84. The third-order valence-corrected chi connectivity index (χ3v) is 3.81. The van der Waals surface area contributed by atoms with Gasteiger partial charge in [0.2, 0.25) is 0 Å². The van der Waals surface area contributed by atoms with Crippen molar-refractivity contribution in [1.29, 1.82) is 0 Å². The summed E-state index contributed by atoms with van der Waals surface area (Å²) in [6.45, 7) is 7.42. The predicted molar refractivity (Wildman–Crippen MR) is 76.6 cm³/mol. The zero-order valence-corrected chi connectivity index (χ0v) is 13.0. The Hall–Kier alpha value is -1.26. The van der Waals surface area contributed by atoms with Crippen molar-refractivity contribution in [2.24, 2.45) is 5.92 Å². The molecule has 0 saturated heterocycles. The number of nitrogens with one attached hydrogen (secondary N) is 1. The molecule has 0 unspecified atom stereocenters. The summed E-state index contributed by atoms with van der Waals surface area (Å²) >= 11 is 0. The second-order valence-corrected chi connectivity index (χ2v) is 6.75. The minimum absolute atomic E-state index is 0.478. The summed E-state index contributed by atoms with van der Waals surface area (Å²) < 4.78 is 5.18. The Morgan fingerprint density at radius 1 is 1.30 bits per heavy atom. The van der Waals surface area contributed by atoms with Gasteiger partial charge in [0.05, 0.1) is 0 Å². The molecule has 0 spiro atoms. The van der Waals surface area contributed by atoms with Gasteiger partial charge in [-0.25, -0.2) is 9.59 Å². The van der Waals surface area contributed by atoms with E-state index in [1.54, 1.807) is 20.8 Å². The number of carbonyl (C=O) groups is 2. The second-order valence-electron chi connectivity index (χ2n) is 6.75. The smallest absolute Gasteiger partial charge is 0.408 e. The van der Waals surface area contributed by atoms with Crippen LogP contribution in [0.15, 0.2) is 0 Å². The topological polar surface area (TPSA) is 75.6 Å². The van der Waals surface area contributed by atoms with Crippen LogP contribution in [0, 0.1) is 5.92 Å². The Bertz CT molecular complexity index is 351. The van der Waals surface area contributed by atoms with E-state index in [1.807, 2.05) is 0 Å². The van der Waals surface area contributed by atoms with Gasteiger partial charge in [0, 0.05) is 0 Å². The average molecular weight is 285 g/mol. The normalized spacial score (nSPS) is 26.9. The number of carboxylic acids is 1. The van der Waals surface area contributed by atoms with Crippen LogP contribution in [0.3, 0.4) is 0 Å². The van der Waals surface area contributed by atoms with Crippen LogP contribution in [-0.2, 0) is 9.53 Å². The molecule has 2 N–H and O–H groups in total. The molecule has 1 fully saturated rings. The van der Waals surface area contributed by atoms with Crippen LogP contribution in [0.25, 0.3) is 0 Å². The Morgan fingerprint density at radius 3 is 2.25 bits per heavy atom. The van der Waals surface area contributed by atoms with Gasteiger partial charge in [0.25, 0.3) is 0 Å². The van der Waals surface area contributed by atoms with E-state index >= 15 is 0 Å². The van der Waals surface area contributed by atoms with Crippen LogP contribution < -0.4 is 5.32 Å². The molecule has 1 aliphatic rings. The van der Waals surface area contributed by atoms with Crippen molar-refractivity contribution in [1.82, 2.24) is 5.32 Å². The third-order valence-electron chi connectivity index (χ3n) is 3.81. The molecule has 1 aliphatic carbocycles. The highest BCUT2D eigenvalue weighted by Gasteiger charge is 2.43. The maximum atomic E-state index is 11.8. The third kappa shape index (κ3) is 4.69. The van der Waals surface area contributed by atoms with Crippen LogP contribution in [-0.4, -0.2) is 28.3 Å². The summed E-state index contributed by atoms with van der Waals surface area (Å²) in [5.74, 6) is -0.383. The molecule has 1 saturated carbocycles. The molecular formula is C15H27NO4. The standard InChI is InChI=1S/C15H27NO4/c1-5-6-11-7-9-15(10-8-11,12(17)18)16-13(19)20-14(2,3)4/h11H,5-10H2,1-4H3,(H,16,19)(H,17,18). The Labute approximate surface area is 121 Å². The molecule has 0 aliphatic heterocycles. The second kappa shape index (κ2) is 6.46. The molecule has 0 bridgehead atoms. The zero-order chi connectivity index (χ0) is 15.4. The van der Waals surface area contributed by atoms with Gasteiger partial charge < -0.3 is 15.2 Å². The van der Waals surface area contributed by atoms with Crippen LogP contribution in [0.2, 0.25) is 0 Å². The van der Waals surface area contributed by atoms with Crippen LogP contribution in [0.5, 0.6) is 0 Å². The van der Waals surface area contributed by atoms with Crippen molar-refractivity contribution in [3.05, 3.63) is 0 Å². The van der Waals surface area contributed by atoms with Crippen molar-refractivity contribution in [3.8, 4) is 0 Å². The molecule has 20 heavy (non-hydrogen) atoms. The molecule has 0 heterocycles. The lowest BCUT2D eigenvalue weighted by Crippen LogP contribution is -2.57. The summed E-state index contributed by atoms with van der Waals surface area (Å²) in [6.07, 6.45) is 4.24. The molecule has 1 rings (SSSR count). The fraction of sp³-hybridized carbons (Fsp3) is 0.867. The Balaban J connectivity index is 2.66. The van der Waals surface area contributed by atoms with E-state index in [0.29, 0.717) is 18.8 Å². The maximum absolute atomic E-state index is 11.8. The highest BCUT2D eigenvalue weighted by Crippen LogP contribution is 2.35. The van der Waals surface area contributed by atoms with Crippen molar-refractivity contribution in [3.63, 3.8) is 0 Å². The van der Waals surface area contributed by atoms with Crippen LogP contribution in [0.4, 0.5) is 4.79 Å². The lowest BCUT2D eigenvalue weighted by molar-refractivity contribution is -0.146. The number of amides is 1. The predicted octanol–water partition coefficient (Wildman–Crippen LogP) is 3.32. The van der Waals surface area contributed by atoms with Gasteiger partial charge in [-0.15, -0.1) is 0 Å². The average Bonchev–Trinajstić information content (AvgIpc) is 2.29. The molecule has 0 radical (unpaired) electrons. The van der Waals surface area contributed by atoms with E-state index < -0.39 is 23.2 Å². The largest absolute Gasteiger partial charge is 0.480 e. The Morgan fingerprint density at radius 2 is 1.85 bits per heavy atom. The summed E-state index contributed by atoms with van der Waals surface area (Å²) in [7, 11) is 0. The van der Waals surface area contributed by atoms with E-state index in [0.717, 1.165) is 25.7 Å². The molecule has 0 aromatic rings. The molecular weight excluding hydrogens is 258 g/mol. The molecule has 116 valence electrons. The van der Waals surface area contributed by atoms with Gasteiger partial charge in [0.15, 0.2) is 0 Å². The SMILES string of the molecule is CCCC1CCC(NC(=O)OC(C)(C)C)(C(=O)O)CC1. The number of alkyl carbamates (subject to hydrolysis) is 1. The van der Waals surface area contributed by atoms with Gasteiger partial charge in [0.1, 0.15) is 11.1 Å².